The summed E-state index contributed by atoms with van der Waals surface area (Å²) >= 11 is 0. The molecule has 0 aromatic rings. The first-order valence-electron chi connectivity index (χ1n) is 7.71. The second kappa shape index (κ2) is 6.32. The molecule has 3 atom stereocenters. The van der Waals surface area contributed by atoms with Crippen LogP contribution in [0.1, 0.15) is 39.5 Å². The van der Waals surface area contributed by atoms with Gasteiger partial charge in [-0.05, 0) is 42.9 Å². The molecule has 2 N–H and O–H groups in total. The quantitative estimate of drug-likeness (QED) is 0.474. The molecule has 1 aliphatic heterocycles. The molecule has 4 nitrogen and oxygen atoms in total. The van der Waals surface area contributed by atoms with E-state index in [1.54, 1.807) is 0 Å². The molecule has 3 unspecified atom stereocenters. The molecule has 0 aromatic heterocycles. The van der Waals surface area contributed by atoms with Gasteiger partial charge in [0.2, 0.25) is 0 Å². The van der Waals surface area contributed by atoms with E-state index in [-0.39, 0.29) is 24.5 Å². The minimum absolute atomic E-state index is 0.0303. The summed E-state index contributed by atoms with van der Waals surface area (Å²) in [4.78, 5) is 11.6. The standard InChI is InChI=1S/C17H26O4/c1-11-4-5-12(8-9-18)17(2,3)14(11)7-6-13-15(19)10-21-16(13)20/h6,12,14-15,18-19H,1,4-5,7-10H2,2-3H3. The van der Waals surface area contributed by atoms with Gasteiger partial charge in [-0.2, -0.15) is 0 Å². The van der Waals surface area contributed by atoms with Gasteiger partial charge in [0, 0.05) is 6.61 Å². The molecule has 0 amide bonds. The third-order valence-corrected chi connectivity index (χ3v) is 5.28. The number of cyclic esters (lactones) is 1. The van der Waals surface area contributed by atoms with Gasteiger partial charge in [-0.25, -0.2) is 4.79 Å². The Hall–Kier alpha value is -1.13. The molecule has 2 rings (SSSR count). The fourth-order valence-corrected chi connectivity index (χ4v) is 3.79. The number of aliphatic hydroxyl groups excluding tert-OH is 2. The van der Waals surface area contributed by atoms with Gasteiger partial charge < -0.3 is 14.9 Å². The van der Waals surface area contributed by atoms with Gasteiger partial charge in [0.1, 0.15) is 12.7 Å². The third kappa shape index (κ3) is 3.22. The Balaban J connectivity index is 2.14. The van der Waals surface area contributed by atoms with E-state index >= 15 is 0 Å². The number of ether oxygens (including phenoxy) is 1. The van der Waals surface area contributed by atoms with Gasteiger partial charge >= 0.3 is 5.97 Å². The minimum Gasteiger partial charge on any atom is -0.459 e. The zero-order valence-electron chi connectivity index (χ0n) is 13.0. The van der Waals surface area contributed by atoms with Crippen molar-refractivity contribution in [1.29, 1.82) is 0 Å². The van der Waals surface area contributed by atoms with Crippen molar-refractivity contribution in [3.63, 3.8) is 0 Å². The summed E-state index contributed by atoms with van der Waals surface area (Å²) in [5.74, 6) is 0.307. The van der Waals surface area contributed by atoms with Crippen LogP contribution >= 0.6 is 0 Å². The van der Waals surface area contributed by atoms with Crippen molar-refractivity contribution in [2.24, 2.45) is 17.3 Å². The van der Waals surface area contributed by atoms with Gasteiger partial charge in [0.05, 0.1) is 5.57 Å². The lowest BCUT2D eigenvalue weighted by Crippen LogP contribution is -2.38. The van der Waals surface area contributed by atoms with E-state index in [0.29, 0.717) is 17.9 Å². The van der Waals surface area contributed by atoms with E-state index in [9.17, 15) is 15.0 Å². The normalized spacial score (nSPS) is 34.3. The minimum atomic E-state index is -0.800. The molecule has 0 bridgehead atoms. The molecule has 0 aromatic carbocycles. The lowest BCUT2D eigenvalue weighted by Gasteiger charge is -2.46. The molecule has 2 fully saturated rings. The molecule has 1 aliphatic carbocycles. The highest BCUT2D eigenvalue weighted by molar-refractivity contribution is 5.91. The zero-order chi connectivity index (χ0) is 15.6. The average molecular weight is 294 g/mol. The Morgan fingerprint density at radius 3 is 2.76 bits per heavy atom. The summed E-state index contributed by atoms with van der Waals surface area (Å²) < 4.78 is 4.84. The van der Waals surface area contributed by atoms with Crippen LogP contribution in [0.3, 0.4) is 0 Å². The highest BCUT2D eigenvalue weighted by atomic mass is 16.6. The van der Waals surface area contributed by atoms with Crippen molar-refractivity contribution in [3.8, 4) is 0 Å². The lowest BCUT2D eigenvalue weighted by molar-refractivity contribution is -0.135. The van der Waals surface area contributed by atoms with E-state index in [0.717, 1.165) is 19.3 Å². The van der Waals surface area contributed by atoms with Gasteiger partial charge in [-0.1, -0.05) is 32.1 Å². The first-order valence-corrected chi connectivity index (χ1v) is 7.71. The van der Waals surface area contributed by atoms with Crippen molar-refractivity contribution >= 4 is 5.97 Å². The Morgan fingerprint density at radius 2 is 2.19 bits per heavy atom. The van der Waals surface area contributed by atoms with Crippen LogP contribution in [-0.2, 0) is 9.53 Å². The number of allylic oxidation sites excluding steroid dienone is 2. The first-order chi connectivity index (χ1) is 9.87. The van der Waals surface area contributed by atoms with Crippen LogP contribution in [0.4, 0.5) is 0 Å². The predicted molar refractivity (Wildman–Crippen MR) is 80.5 cm³/mol. The van der Waals surface area contributed by atoms with Gasteiger partial charge in [0.15, 0.2) is 0 Å². The molecule has 118 valence electrons. The Labute approximate surface area is 126 Å². The van der Waals surface area contributed by atoms with Crippen LogP contribution in [0.15, 0.2) is 23.8 Å². The van der Waals surface area contributed by atoms with Crippen LogP contribution in [0.2, 0.25) is 0 Å². The number of rotatable bonds is 4. The number of esters is 1. The second-order valence-electron chi connectivity index (χ2n) is 6.79. The van der Waals surface area contributed by atoms with Crippen molar-refractivity contribution < 1.29 is 19.7 Å². The molecule has 0 radical (unpaired) electrons. The SMILES string of the molecule is C=C1CCC(CCO)C(C)(C)C1CC=C1C(=O)OCC1O. The molecular weight excluding hydrogens is 268 g/mol. The van der Waals surface area contributed by atoms with Crippen molar-refractivity contribution in [1.82, 2.24) is 0 Å². The van der Waals surface area contributed by atoms with Gasteiger partial charge in [0.25, 0.3) is 0 Å². The number of aliphatic hydroxyl groups is 2. The average Bonchev–Trinajstić information content (AvgIpc) is 2.73. The van der Waals surface area contributed by atoms with E-state index in [4.69, 9.17) is 4.74 Å². The van der Waals surface area contributed by atoms with Crippen LogP contribution in [0.5, 0.6) is 0 Å². The monoisotopic (exact) mass is 294 g/mol. The maximum absolute atomic E-state index is 11.6. The number of hydrogen-bond donors (Lipinski definition) is 2. The highest BCUT2D eigenvalue weighted by Gasteiger charge is 2.41. The molecule has 4 heteroatoms. The maximum Gasteiger partial charge on any atom is 0.336 e. The molecule has 0 spiro atoms. The Kier molecular flexibility index (Phi) is 4.89. The summed E-state index contributed by atoms with van der Waals surface area (Å²) in [5, 5.41) is 19.0. The van der Waals surface area contributed by atoms with Crippen LogP contribution in [0, 0.1) is 17.3 Å². The Morgan fingerprint density at radius 1 is 1.48 bits per heavy atom. The summed E-state index contributed by atoms with van der Waals surface area (Å²) in [6, 6.07) is 0. The topological polar surface area (TPSA) is 66.8 Å². The summed E-state index contributed by atoms with van der Waals surface area (Å²) in [6.45, 7) is 8.89. The fourth-order valence-electron chi connectivity index (χ4n) is 3.79. The Bertz CT molecular complexity index is 450. The molecular formula is C17H26O4. The van der Waals surface area contributed by atoms with Gasteiger partial charge in [-0.3, -0.25) is 0 Å². The summed E-state index contributed by atoms with van der Waals surface area (Å²) in [7, 11) is 0. The zero-order valence-corrected chi connectivity index (χ0v) is 13.0. The van der Waals surface area contributed by atoms with Crippen LogP contribution < -0.4 is 0 Å². The number of carbonyl (C=O) groups is 1. The van der Waals surface area contributed by atoms with Crippen molar-refractivity contribution in [3.05, 3.63) is 23.8 Å². The smallest absolute Gasteiger partial charge is 0.336 e. The third-order valence-electron chi connectivity index (χ3n) is 5.28. The molecule has 1 saturated carbocycles. The molecule has 21 heavy (non-hydrogen) atoms. The molecule has 1 saturated heterocycles. The van der Waals surface area contributed by atoms with Crippen LogP contribution in [-0.4, -0.2) is 35.5 Å². The first kappa shape index (κ1) is 16.2. The van der Waals surface area contributed by atoms with Crippen molar-refractivity contribution in [2.75, 3.05) is 13.2 Å². The van der Waals surface area contributed by atoms with Crippen LogP contribution in [0.25, 0.3) is 0 Å². The summed E-state index contributed by atoms with van der Waals surface area (Å²) in [5.41, 5.74) is 1.61. The maximum atomic E-state index is 11.6. The number of carbonyl (C=O) groups excluding carboxylic acids is 1. The van der Waals surface area contributed by atoms with E-state index in [1.165, 1.54) is 5.57 Å². The second-order valence-corrected chi connectivity index (χ2v) is 6.79. The van der Waals surface area contributed by atoms with Gasteiger partial charge in [-0.15, -0.1) is 0 Å². The number of hydrogen-bond acceptors (Lipinski definition) is 4. The predicted octanol–water partition coefficient (Wildman–Crippen LogP) is 2.21. The fraction of sp³-hybridized carbons (Fsp3) is 0.706. The summed E-state index contributed by atoms with van der Waals surface area (Å²) in [6.07, 6.45) is 4.54. The van der Waals surface area contributed by atoms with E-state index < -0.39 is 12.1 Å². The largest absolute Gasteiger partial charge is 0.459 e. The molecule has 1 heterocycles. The van der Waals surface area contributed by atoms with E-state index in [2.05, 4.69) is 20.4 Å². The lowest BCUT2D eigenvalue weighted by atomic mass is 9.59. The van der Waals surface area contributed by atoms with Crippen molar-refractivity contribution in [2.45, 2.75) is 45.6 Å². The van der Waals surface area contributed by atoms with E-state index in [1.807, 2.05) is 6.08 Å². The highest BCUT2D eigenvalue weighted by Crippen LogP contribution is 2.50. The molecule has 2 aliphatic rings.